The lowest BCUT2D eigenvalue weighted by molar-refractivity contribution is -0.358. The van der Waals surface area contributed by atoms with Crippen molar-refractivity contribution in [3.05, 3.63) is 150 Å². The molecule has 0 saturated carbocycles. The van der Waals surface area contributed by atoms with E-state index in [-0.39, 0.29) is 24.5 Å². The summed E-state index contributed by atoms with van der Waals surface area (Å²) in [6.45, 7) is -0.0638. The second-order valence-electron chi connectivity index (χ2n) is 11.8. The molecule has 2 aliphatic heterocycles. The zero-order chi connectivity index (χ0) is 34.5. The number of esters is 1. The summed E-state index contributed by atoms with van der Waals surface area (Å²) in [5.74, 6) is -2.40. The Labute approximate surface area is 286 Å². The van der Waals surface area contributed by atoms with Gasteiger partial charge in [-0.15, -0.1) is 0 Å². The molecule has 0 aromatic heterocycles. The third-order valence-corrected chi connectivity index (χ3v) is 8.32. The number of halogens is 3. The van der Waals surface area contributed by atoms with Gasteiger partial charge in [0, 0.05) is 5.56 Å². The van der Waals surface area contributed by atoms with Gasteiger partial charge < -0.3 is 28.4 Å². The molecule has 0 spiro atoms. The number of alkyl halides is 3. The highest BCUT2D eigenvalue weighted by molar-refractivity contribution is 5.89. The third-order valence-electron chi connectivity index (χ3n) is 8.32. The van der Waals surface area contributed by atoms with Gasteiger partial charge in [-0.1, -0.05) is 103 Å². The van der Waals surface area contributed by atoms with E-state index in [9.17, 15) is 18.0 Å². The van der Waals surface area contributed by atoms with Gasteiger partial charge in [0.1, 0.15) is 18.3 Å². The fraction of sp³-hybridized carbons (Fsp3) is 0.231. The summed E-state index contributed by atoms with van der Waals surface area (Å²) in [6.07, 6.45) is -12.3. The molecule has 2 saturated heterocycles. The average Bonchev–Trinajstić information content (AvgIpc) is 3.14. The third kappa shape index (κ3) is 7.71. The lowest BCUT2D eigenvalue weighted by Gasteiger charge is -2.48. The van der Waals surface area contributed by atoms with Crippen molar-refractivity contribution in [2.75, 3.05) is 6.61 Å². The Hall–Kier alpha value is -5.07. The van der Waals surface area contributed by atoms with Crippen molar-refractivity contribution in [1.29, 1.82) is 0 Å². The van der Waals surface area contributed by atoms with Crippen molar-refractivity contribution in [3.63, 3.8) is 0 Å². The summed E-state index contributed by atoms with van der Waals surface area (Å²) in [7, 11) is 0. The van der Waals surface area contributed by atoms with E-state index in [1.165, 1.54) is 24.3 Å². The predicted octanol–water partition coefficient (Wildman–Crippen LogP) is 8.10. The van der Waals surface area contributed by atoms with Crippen molar-refractivity contribution < 1.29 is 46.4 Å². The van der Waals surface area contributed by atoms with Crippen LogP contribution in [0.25, 0.3) is 10.8 Å². The Kier molecular flexibility index (Phi) is 9.90. The minimum Gasteiger partial charge on any atom is -0.449 e. The van der Waals surface area contributed by atoms with Crippen LogP contribution in [-0.4, -0.2) is 55.4 Å². The van der Waals surface area contributed by atoms with Gasteiger partial charge in [0.25, 0.3) is 5.90 Å². The van der Waals surface area contributed by atoms with Gasteiger partial charge >= 0.3 is 12.1 Å². The number of carbonyl (C=O) groups excluding carboxylic acids is 1. The summed E-state index contributed by atoms with van der Waals surface area (Å²) in [6, 6.07) is 38.4. The fourth-order valence-electron chi connectivity index (χ4n) is 5.91. The smallest absolute Gasteiger partial charge is 0.449 e. The molecule has 11 heteroatoms. The Balaban J connectivity index is 1.26. The molecule has 0 bridgehead atoms. The van der Waals surface area contributed by atoms with E-state index in [0.717, 1.165) is 16.3 Å². The van der Waals surface area contributed by atoms with Crippen LogP contribution in [-0.2, 0) is 35.0 Å². The summed E-state index contributed by atoms with van der Waals surface area (Å²) in [5, 5.41) is 2.01. The number of para-hydroxylation sites is 1. The number of ether oxygens (including phenoxy) is 6. The SMILES string of the molecule is O=C(O[C@H]1C(OC(=Nc2ccccc2)C(F)(F)F)O[C@@H]2COC(c3ccccc3)O[C@H]2[C@@H]1OCc1ccc2ccccc2c1)c1ccccc1. The van der Waals surface area contributed by atoms with Crippen LogP contribution in [0.5, 0.6) is 0 Å². The number of hydrogen-bond acceptors (Lipinski definition) is 8. The fourth-order valence-corrected chi connectivity index (χ4v) is 5.91. The highest BCUT2D eigenvalue weighted by Gasteiger charge is 2.55. The molecule has 256 valence electrons. The van der Waals surface area contributed by atoms with Crippen LogP contribution in [0.4, 0.5) is 18.9 Å². The molecule has 2 aliphatic rings. The van der Waals surface area contributed by atoms with Crippen molar-refractivity contribution >= 4 is 28.3 Å². The monoisotopic (exact) mass is 683 g/mol. The number of hydrogen-bond donors (Lipinski definition) is 0. The van der Waals surface area contributed by atoms with Crippen molar-refractivity contribution in [2.45, 2.75) is 49.8 Å². The molecule has 0 N–H and O–H groups in total. The first-order valence-corrected chi connectivity index (χ1v) is 16.0. The maximum absolute atomic E-state index is 14.5. The van der Waals surface area contributed by atoms with Gasteiger partial charge in [-0.3, -0.25) is 0 Å². The van der Waals surface area contributed by atoms with E-state index in [4.69, 9.17) is 28.4 Å². The zero-order valence-corrected chi connectivity index (χ0v) is 26.5. The molecule has 7 rings (SSSR count). The Morgan fingerprint density at radius 3 is 2.12 bits per heavy atom. The number of rotatable bonds is 8. The number of carbonyl (C=O) groups is 1. The topological polar surface area (TPSA) is 84.8 Å². The lowest BCUT2D eigenvalue weighted by Crippen LogP contribution is -2.64. The Bertz CT molecular complexity index is 1920. The Morgan fingerprint density at radius 1 is 0.740 bits per heavy atom. The van der Waals surface area contributed by atoms with E-state index in [2.05, 4.69) is 4.99 Å². The van der Waals surface area contributed by atoms with E-state index in [1.54, 1.807) is 36.4 Å². The normalized spacial score (nSPS) is 23.9. The minimum atomic E-state index is -5.02. The van der Waals surface area contributed by atoms with Gasteiger partial charge in [-0.25, -0.2) is 9.79 Å². The van der Waals surface area contributed by atoms with Crippen molar-refractivity contribution in [1.82, 2.24) is 0 Å². The molecule has 0 aliphatic carbocycles. The number of benzene rings is 5. The van der Waals surface area contributed by atoms with E-state index in [1.807, 2.05) is 72.8 Å². The van der Waals surface area contributed by atoms with Crippen molar-refractivity contribution in [3.8, 4) is 0 Å². The molecular formula is C39H32F3NO7. The number of nitrogens with zero attached hydrogens (tertiary/aromatic N) is 1. The minimum absolute atomic E-state index is 0.00508. The first kappa shape index (κ1) is 33.4. The lowest BCUT2D eigenvalue weighted by atomic mass is 9.97. The molecular weight excluding hydrogens is 651 g/mol. The van der Waals surface area contributed by atoms with E-state index >= 15 is 0 Å². The van der Waals surface area contributed by atoms with Crippen LogP contribution in [0, 0.1) is 0 Å². The predicted molar refractivity (Wildman–Crippen MR) is 178 cm³/mol. The molecule has 2 fully saturated rings. The second-order valence-corrected chi connectivity index (χ2v) is 11.8. The highest BCUT2D eigenvalue weighted by Crippen LogP contribution is 2.38. The van der Waals surface area contributed by atoms with Crippen LogP contribution in [0.3, 0.4) is 0 Å². The molecule has 8 nitrogen and oxygen atoms in total. The largest absolute Gasteiger partial charge is 0.468 e. The first-order chi connectivity index (χ1) is 24.3. The van der Waals surface area contributed by atoms with E-state index < -0.39 is 55.0 Å². The van der Waals surface area contributed by atoms with Crippen LogP contribution in [0.2, 0.25) is 0 Å². The van der Waals surface area contributed by atoms with Crippen LogP contribution < -0.4 is 0 Å². The molecule has 6 atom stereocenters. The first-order valence-electron chi connectivity index (χ1n) is 16.0. The molecule has 0 radical (unpaired) electrons. The maximum Gasteiger partial charge on any atom is 0.468 e. The average molecular weight is 684 g/mol. The van der Waals surface area contributed by atoms with E-state index in [0.29, 0.717) is 5.56 Å². The second kappa shape index (κ2) is 14.8. The molecule has 5 aromatic rings. The van der Waals surface area contributed by atoms with Crippen molar-refractivity contribution in [2.24, 2.45) is 4.99 Å². The summed E-state index contributed by atoms with van der Waals surface area (Å²) < 4.78 is 79.9. The quantitative estimate of drug-likeness (QED) is 0.0929. The zero-order valence-electron chi connectivity index (χ0n) is 26.5. The van der Waals surface area contributed by atoms with Gasteiger partial charge in [0.2, 0.25) is 6.29 Å². The summed E-state index contributed by atoms with van der Waals surface area (Å²) in [4.78, 5) is 17.3. The summed E-state index contributed by atoms with van der Waals surface area (Å²) in [5.41, 5.74) is 1.67. The van der Waals surface area contributed by atoms with Gasteiger partial charge in [0.15, 0.2) is 12.4 Å². The molecule has 2 heterocycles. The van der Waals surface area contributed by atoms with Crippen LogP contribution >= 0.6 is 0 Å². The molecule has 50 heavy (non-hydrogen) atoms. The molecule has 2 unspecified atom stereocenters. The van der Waals surface area contributed by atoms with Crippen LogP contribution in [0.1, 0.15) is 27.8 Å². The maximum atomic E-state index is 14.5. The number of fused-ring (bicyclic) bond motifs is 2. The van der Waals surface area contributed by atoms with Gasteiger partial charge in [-0.2, -0.15) is 13.2 Å². The highest BCUT2D eigenvalue weighted by atomic mass is 19.4. The van der Waals surface area contributed by atoms with Gasteiger partial charge in [0.05, 0.1) is 24.5 Å². The standard InChI is InChI=1S/C39H32F3NO7/c40-39(41,42)38(43-30-18-8-3-9-19-30)50-37-34(48-35(44)27-13-4-1-5-14-27)33(45-23-25-20-21-26-12-10-11-17-29(26)22-25)32-31(47-37)24-46-36(49-32)28-15-6-2-7-16-28/h1-22,31-34,36-37H,23-24H2/t31-,32-,33+,34-,36?,37?/m1/s1. The molecule has 5 aromatic carbocycles. The van der Waals surface area contributed by atoms with Crippen LogP contribution in [0.15, 0.2) is 138 Å². The molecule has 0 amide bonds. The summed E-state index contributed by atoms with van der Waals surface area (Å²) >= 11 is 0. The Morgan fingerprint density at radius 2 is 1.40 bits per heavy atom. The number of aliphatic imine (C=N–C) groups is 1. The van der Waals surface area contributed by atoms with Gasteiger partial charge in [-0.05, 0) is 46.7 Å².